The minimum Gasteiger partial charge on any atom is -0.438 e. The third-order valence-electron chi connectivity index (χ3n) is 1.45. The highest BCUT2D eigenvalue weighted by atomic mass is 32.2. The van der Waals surface area contributed by atoms with Crippen LogP contribution in [0.15, 0.2) is 0 Å². The summed E-state index contributed by atoms with van der Waals surface area (Å²) >= 11 is 1.65. The van der Waals surface area contributed by atoms with Crippen LogP contribution in [0.3, 0.4) is 0 Å². The van der Waals surface area contributed by atoms with Gasteiger partial charge in [0.1, 0.15) is 5.44 Å². The van der Waals surface area contributed by atoms with Crippen molar-refractivity contribution >= 4 is 17.9 Å². The van der Waals surface area contributed by atoms with E-state index >= 15 is 0 Å². The molecular weight excluding hydrogens is 180 g/mol. The predicted molar refractivity (Wildman–Crippen MR) is 44.9 cm³/mol. The van der Waals surface area contributed by atoms with E-state index in [1.54, 1.807) is 11.8 Å². The first kappa shape index (κ1) is 9.67. The molecule has 0 aromatic carbocycles. The maximum atomic E-state index is 10.6. The molecule has 0 N–H and O–H groups in total. The second-order valence-electron chi connectivity index (χ2n) is 2.31. The fraction of sp³-hybridized carbons (Fsp3) is 0.857. The van der Waals surface area contributed by atoms with Crippen LogP contribution in [0.5, 0.6) is 0 Å². The van der Waals surface area contributed by atoms with E-state index in [4.69, 9.17) is 9.47 Å². The summed E-state index contributed by atoms with van der Waals surface area (Å²) in [4.78, 5) is 10.6. The Bertz CT molecular complexity index is 161. The quantitative estimate of drug-likeness (QED) is 0.622. The molecule has 0 saturated carbocycles. The van der Waals surface area contributed by atoms with Gasteiger partial charge in [0.05, 0.1) is 12.9 Å². The Morgan fingerprint density at radius 3 is 3.00 bits per heavy atom. The van der Waals surface area contributed by atoms with Gasteiger partial charge in [0.25, 0.3) is 0 Å². The molecule has 12 heavy (non-hydrogen) atoms. The summed E-state index contributed by atoms with van der Waals surface area (Å²) in [6.07, 6.45) is -0.198. The van der Waals surface area contributed by atoms with E-state index in [2.05, 4.69) is 4.74 Å². The van der Waals surface area contributed by atoms with Gasteiger partial charge in [-0.2, -0.15) is 0 Å². The number of ether oxygens (including phenoxy) is 3. The van der Waals surface area contributed by atoms with Crippen LogP contribution in [0.25, 0.3) is 0 Å². The first-order valence-electron chi connectivity index (χ1n) is 3.78. The molecule has 0 spiro atoms. The summed E-state index contributed by atoms with van der Waals surface area (Å²) in [6, 6.07) is 0. The van der Waals surface area contributed by atoms with Crippen LogP contribution < -0.4 is 0 Å². The molecule has 2 unspecified atom stereocenters. The average Bonchev–Trinajstić information content (AvgIpc) is 2.52. The van der Waals surface area contributed by atoms with Crippen molar-refractivity contribution in [2.24, 2.45) is 0 Å². The monoisotopic (exact) mass is 192 g/mol. The zero-order valence-electron chi connectivity index (χ0n) is 7.11. The molecule has 2 atom stereocenters. The maximum Gasteiger partial charge on any atom is 0.510 e. The predicted octanol–water partition coefficient (Wildman–Crippen LogP) is 1.59. The average molecular weight is 192 g/mol. The van der Waals surface area contributed by atoms with Crippen molar-refractivity contribution in [3.05, 3.63) is 0 Å². The van der Waals surface area contributed by atoms with E-state index in [9.17, 15) is 4.79 Å². The lowest BCUT2D eigenvalue weighted by molar-refractivity contribution is -0.103. The van der Waals surface area contributed by atoms with Crippen molar-refractivity contribution in [1.29, 1.82) is 0 Å². The van der Waals surface area contributed by atoms with Gasteiger partial charge in [-0.1, -0.05) is 6.92 Å². The van der Waals surface area contributed by atoms with Gasteiger partial charge in [-0.3, -0.25) is 0 Å². The molecule has 0 aromatic heterocycles. The number of carbonyl (C=O) groups is 1. The lowest BCUT2D eigenvalue weighted by atomic mass is 10.5. The lowest BCUT2D eigenvalue weighted by Crippen LogP contribution is -2.20. The van der Waals surface area contributed by atoms with Crippen LogP contribution in [-0.4, -0.2) is 30.7 Å². The summed E-state index contributed by atoms with van der Waals surface area (Å²) in [7, 11) is 1.28. The largest absolute Gasteiger partial charge is 0.510 e. The van der Waals surface area contributed by atoms with Crippen molar-refractivity contribution in [2.45, 2.75) is 25.1 Å². The third kappa shape index (κ3) is 2.57. The summed E-state index contributed by atoms with van der Waals surface area (Å²) < 4.78 is 14.4. The van der Waals surface area contributed by atoms with Crippen molar-refractivity contribution in [2.75, 3.05) is 12.9 Å². The molecule has 4 nitrogen and oxygen atoms in total. The second-order valence-corrected chi connectivity index (χ2v) is 3.50. The Balaban J connectivity index is 2.23. The zero-order chi connectivity index (χ0) is 8.97. The lowest BCUT2D eigenvalue weighted by Gasteiger charge is -2.10. The molecule has 0 radical (unpaired) electrons. The van der Waals surface area contributed by atoms with Crippen LogP contribution in [0.4, 0.5) is 4.79 Å². The van der Waals surface area contributed by atoms with E-state index in [1.807, 2.05) is 6.92 Å². The number of rotatable bonds is 2. The molecule has 0 aliphatic carbocycles. The van der Waals surface area contributed by atoms with E-state index in [1.165, 1.54) is 7.11 Å². The molecule has 1 rings (SSSR count). The highest BCUT2D eigenvalue weighted by Gasteiger charge is 2.27. The van der Waals surface area contributed by atoms with Gasteiger partial charge in [0.15, 0.2) is 0 Å². The first-order valence-corrected chi connectivity index (χ1v) is 4.82. The molecule has 1 heterocycles. The van der Waals surface area contributed by atoms with Crippen molar-refractivity contribution in [3.8, 4) is 0 Å². The molecule has 0 bridgehead atoms. The Labute approximate surface area is 75.5 Å². The maximum absolute atomic E-state index is 10.6. The van der Waals surface area contributed by atoms with Crippen LogP contribution in [0.1, 0.15) is 13.3 Å². The number of hydrogen-bond acceptors (Lipinski definition) is 5. The van der Waals surface area contributed by atoms with Crippen molar-refractivity contribution in [3.63, 3.8) is 0 Å². The normalized spacial score (nSPS) is 28.5. The number of carbonyl (C=O) groups excluding carboxylic acids is 1. The SMILES string of the molecule is CCC1OC(OC(=O)OC)CS1. The van der Waals surface area contributed by atoms with Gasteiger partial charge in [-0.15, -0.1) is 11.8 Å². The Morgan fingerprint density at radius 1 is 1.75 bits per heavy atom. The summed E-state index contributed by atoms with van der Waals surface area (Å²) in [6.45, 7) is 2.03. The molecular formula is C7H12O4S. The van der Waals surface area contributed by atoms with Crippen LogP contribution in [0, 0.1) is 0 Å². The smallest absolute Gasteiger partial charge is 0.438 e. The molecule has 1 aliphatic heterocycles. The molecule has 70 valence electrons. The van der Waals surface area contributed by atoms with E-state index < -0.39 is 12.4 Å². The van der Waals surface area contributed by atoms with Crippen molar-refractivity contribution < 1.29 is 19.0 Å². The third-order valence-corrected chi connectivity index (χ3v) is 2.73. The fourth-order valence-electron chi connectivity index (χ4n) is 0.865. The number of thioether (sulfide) groups is 1. The van der Waals surface area contributed by atoms with Gasteiger partial charge in [0, 0.05) is 0 Å². The van der Waals surface area contributed by atoms with Gasteiger partial charge in [-0.05, 0) is 6.42 Å². The fourth-order valence-corrected chi connectivity index (χ4v) is 1.82. The highest BCUT2D eigenvalue weighted by molar-refractivity contribution is 8.00. The minimum absolute atomic E-state index is 0.152. The zero-order valence-corrected chi connectivity index (χ0v) is 7.93. The van der Waals surface area contributed by atoms with Crippen LogP contribution >= 0.6 is 11.8 Å². The van der Waals surface area contributed by atoms with Gasteiger partial charge >= 0.3 is 6.16 Å². The summed E-state index contributed by atoms with van der Waals surface area (Å²) in [5.41, 5.74) is 0.152. The van der Waals surface area contributed by atoms with Gasteiger partial charge < -0.3 is 14.2 Å². The minimum atomic E-state index is -0.683. The Kier molecular flexibility index (Phi) is 3.68. The van der Waals surface area contributed by atoms with E-state index in [0.717, 1.165) is 6.42 Å². The van der Waals surface area contributed by atoms with Crippen LogP contribution in [0.2, 0.25) is 0 Å². The molecule has 0 aromatic rings. The number of methoxy groups -OCH3 is 1. The molecule has 5 heteroatoms. The summed E-state index contributed by atoms with van der Waals surface area (Å²) in [5.74, 6) is 0.688. The van der Waals surface area contributed by atoms with Crippen LogP contribution in [-0.2, 0) is 14.2 Å². The van der Waals surface area contributed by atoms with E-state index in [-0.39, 0.29) is 5.44 Å². The van der Waals surface area contributed by atoms with E-state index in [0.29, 0.717) is 5.75 Å². The standard InChI is InChI=1S/C7H12O4S/c1-3-6-10-5(4-12-6)11-7(8)9-2/h5-6H,3-4H2,1-2H3. The first-order chi connectivity index (χ1) is 5.76. The molecule has 1 fully saturated rings. The summed E-state index contributed by atoms with van der Waals surface area (Å²) in [5, 5.41) is 0. The highest BCUT2D eigenvalue weighted by Crippen LogP contribution is 2.27. The van der Waals surface area contributed by atoms with Gasteiger partial charge in [-0.25, -0.2) is 4.79 Å². The van der Waals surface area contributed by atoms with Crippen molar-refractivity contribution in [1.82, 2.24) is 0 Å². The molecule has 1 saturated heterocycles. The topological polar surface area (TPSA) is 44.8 Å². The number of hydrogen-bond donors (Lipinski definition) is 0. The molecule has 0 amide bonds. The van der Waals surface area contributed by atoms with Gasteiger partial charge in [0.2, 0.25) is 6.29 Å². The second kappa shape index (κ2) is 4.57. The Hall–Kier alpha value is -0.420. The molecule has 1 aliphatic rings. The Morgan fingerprint density at radius 2 is 2.50 bits per heavy atom.